The monoisotopic (exact) mass is 412 g/mol. The second-order valence-electron chi connectivity index (χ2n) is 7.60. The Balaban J connectivity index is 1.48. The first-order valence-electron chi connectivity index (χ1n) is 10.2. The molecule has 0 radical (unpaired) electrons. The summed E-state index contributed by atoms with van der Waals surface area (Å²) < 4.78 is 2.09. The SMILES string of the molecule is c1ccc(-c2cnc3c(c2)C(N2CCCC2)n2nc(-c4ccncc4)nc2S3)cc1. The number of hydrogen-bond acceptors (Lipinski definition) is 6. The topological polar surface area (TPSA) is 59.7 Å². The van der Waals surface area contributed by atoms with Gasteiger partial charge in [-0.15, -0.1) is 5.10 Å². The molecule has 0 spiro atoms. The molecule has 0 amide bonds. The van der Waals surface area contributed by atoms with Crippen LogP contribution in [0.3, 0.4) is 0 Å². The van der Waals surface area contributed by atoms with E-state index in [1.54, 1.807) is 24.2 Å². The Morgan fingerprint density at radius 3 is 2.50 bits per heavy atom. The van der Waals surface area contributed by atoms with Gasteiger partial charge in [0.1, 0.15) is 11.2 Å². The van der Waals surface area contributed by atoms with Crippen LogP contribution in [0, 0.1) is 0 Å². The van der Waals surface area contributed by atoms with Crippen LogP contribution in [-0.4, -0.2) is 42.7 Å². The van der Waals surface area contributed by atoms with Gasteiger partial charge in [0, 0.05) is 48.4 Å². The Kier molecular flexibility index (Phi) is 4.35. The van der Waals surface area contributed by atoms with E-state index in [4.69, 9.17) is 15.1 Å². The van der Waals surface area contributed by atoms with Gasteiger partial charge >= 0.3 is 0 Å². The first kappa shape index (κ1) is 17.8. The lowest BCUT2D eigenvalue weighted by Crippen LogP contribution is -2.34. The number of pyridine rings is 2. The predicted octanol–water partition coefficient (Wildman–Crippen LogP) is 4.51. The molecule has 0 aliphatic carbocycles. The Labute approximate surface area is 179 Å². The summed E-state index contributed by atoms with van der Waals surface area (Å²) in [6.07, 6.45) is 7.99. The summed E-state index contributed by atoms with van der Waals surface area (Å²) in [5.74, 6) is 0.736. The Bertz CT molecular complexity index is 1190. The average molecular weight is 413 g/mol. The van der Waals surface area contributed by atoms with Crippen LogP contribution in [0.4, 0.5) is 0 Å². The van der Waals surface area contributed by atoms with Crippen molar-refractivity contribution in [1.29, 1.82) is 0 Å². The van der Waals surface area contributed by atoms with Gasteiger partial charge in [0.05, 0.1) is 0 Å². The van der Waals surface area contributed by atoms with Crippen molar-refractivity contribution in [3.05, 3.63) is 72.7 Å². The van der Waals surface area contributed by atoms with Gasteiger partial charge in [-0.25, -0.2) is 14.6 Å². The number of nitrogens with zero attached hydrogens (tertiary/aromatic N) is 6. The Morgan fingerprint density at radius 2 is 1.70 bits per heavy atom. The highest BCUT2D eigenvalue weighted by Gasteiger charge is 2.35. The minimum absolute atomic E-state index is 0.0259. The molecule has 6 rings (SSSR count). The second-order valence-corrected chi connectivity index (χ2v) is 8.56. The van der Waals surface area contributed by atoms with Crippen molar-refractivity contribution in [2.24, 2.45) is 0 Å². The molecule has 0 saturated carbocycles. The lowest BCUT2D eigenvalue weighted by molar-refractivity contribution is 0.182. The quantitative estimate of drug-likeness (QED) is 0.493. The van der Waals surface area contributed by atoms with E-state index in [9.17, 15) is 0 Å². The molecule has 0 N–H and O–H groups in total. The molecular formula is C23H20N6S. The number of rotatable bonds is 3. The van der Waals surface area contributed by atoms with Gasteiger partial charge < -0.3 is 0 Å². The normalized spacial score (nSPS) is 18.2. The molecule has 6 nitrogen and oxygen atoms in total. The lowest BCUT2D eigenvalue weighted by Gasteiger charge is -2.32. The van der Waals surface area contributed by atoms with Crippen molar-refractivity contribution in [2.45, 2.75) is 29.2 Å². The summed E-state index contributed by atoms with van der Waals surface area (Å²) in [7, 11) is 0. The summed E-state index contributed by atoms with van der Waals surface area (Å²) in [5, 5.41) is 6.85. The smallest absolute Gasteiger partial charge is 0.194 e. The third-order valence-corrected chi connectivity index (χ3v) is 6.70. The summed E-state index contributed by atoms with van der Waals surface area (Å²) in [6.45, 7) is 2.13. The fourth-order valence-electron chi connectivity index (χ4n) is 4.24. The molecule has 4 aromatic rings. The minimum Gasteiger partial charge on any atom is -0.278 e. The van der Waals surface area contributed by atoms with E-state index in [1.807, 2.05) is 24.4 Å². The molecule has 7 heteroatoms. The Hall–Kier alpha value is -3.03. The van der Waals surface area contributed by atoms with E-state index in [0.717, 1.165) is 40.2 Å². The minimum atomic E-state index is 0.0259. The van der Waals surface area contributed by atoms with E-state index < -0.39 is 0 Å². The largest absolute Gasteiger partial charge is 0.278 e. The first-order chi connectivity index (χ1) is 14.9. The molecule has 30 heavy (non-hydrogen) atoms. The van der Waals surface area contributed by atoms with Gasteiger partial charge in [-0.2, -0.15) is 0 Å². The average Bonchev–Trinajstić information content (AvgIpc) is 3.48. The lowest BCUT2D eigenvalue weighted by atomic mass is 10.0. The fraction of sp³-hybridized carbons (Fsp3) is 0.217. The maximum absolute atomic E-state index is 4.94. The molecule has 2 aliphatic heterocycles. The highest BCUT2D eigenvalue weighted by atomic mass is 32.2. The van der Waals surface area contributed by atoms with Crippen LogP contribution in [0.1, 0.15) is 24.6 Å². The first-order valence-corrected chi connectivity index (χ1v) is 11.0. The summed E-state index contributed by atoms with van der Waals surface area (Å²) in [4.78, 5) is 16.3. The van der Waals surface area contributed by atoms with E-state index in [0.29, 0.717) is 0 Å². The molecule has 2 aliphatic rings. The molecule has 1 saturated heterocycles. The van der Waals surface area contributed by atoms with Crippen molar-refractivity contribution >= 4 is 11.8 Å². The summed E-state index contributed by atoms with van der Waals surface area (Å²) in [5.41, 5.74) is 4.51. The van der Waals surface area contributed by atoms with Crippen molar-refractivity contribution in [1.82, 2.24) is 29.6 Å². The number of likely N-dealkylation sites (tertiary alicyclic amines) is 1. The third kappa shape index (κ3) is 3.02. The molecule has 1 aromatic carbocycles. The van der Waals surface area contributed by atoms with E-state index >= 15 is 0 Å². The standard InChI is InChI=1S/C23H20N6S/c1-2-6-16(7-3-1)18-14-19-21(25-15-18)30-23-26-20(17-8-10-24-11-9-17)27-29(23)22(19)28-12-4-5-13-28/h1-3,6-11,14-15,22H,4-5,12-13H2. The molecule has 3 aromatic heterocycles. The maximum atomic E-state index is 4.94. The molecule has 0 bridgehead atoms. The van der Waals surface area contributed by atoms with Gasteiger partial charge in [-0.1, -0.05) is 30.3 Å². The highest BCUT2D eigenvalue weighted by molar-refractivity contribution is 7.99. The number of benzene rings is 1. The number of fused-ring (bicyclic) bond motifs is 2. The van der Waals surface area contributed by atoms with Crippen LogP contribution in [-0.2, 0) is 0 Å². The number of aromatic nitrogens is 5. The molecular weight excluding hydrogens is 392 g/mol. The van der Waals surface area contributed by atoms with Gasteiger partial charge in [0.2, 0.25) is 0 Å². The Morgan fingerprint density at radius 1 is 0.900 bits per heavy atom. The fourth-order valence-corrected chi connectivity index (χ4v) is 5.17. The van der Waals surface area contributed by atoms with E-state index in [2.05, 4.69) is 44.9 Å². The van der Waals surface area contributed by atoms with Crippen molar-refractivity contribution in [3.8, 4) is 22.5 Å². The summed E-state index contributed by atoms with van der Waals surface area (Å²) in [6, 6.07) is 16.6. The zero-order valence-corrected chi connectivity index (χ0v) is 17.2. The molecule has 148 valence electrons. The van der Waals surface area contributed by atoms with Gasteiger partial charge in [0.25, 0.3) is 0 Å². The zero-order valence-electron chi connectivity index (χ0n) is 16.3. The van der Waals surface area contributed by atoms with Crippen molar-refractivity contribution in [2.75, 3.05) is 13.1 Å². The summed E-state index contributed by atoms with van der Waals surface area (Å²) >= 11 is 1.60. The molecule has 1 fully saturated rings. The molecule has 1 unspecified atom stereocenters. The molecule has 5 heterocycles. The van der Waals surface area contributed by atoms with Crippen LogP contribution in [0.2, 0.25) is 0 Å². The predicted molar refractivity (Wildman–Crippen MR) is 116 cm³/mol. The highest BCUT2D eigenvalue weighted by Crippen LogP contribution is 2.43. The maximum Gasteiger partial charge on any atom is 0.194 e. The van der Waals surface area contributed by atoms with E-state index in [1.165, 1.54) is 24.0 Å². The van der Waals surface area contributed by atoms with Crippen LogP contribution in [0.5, 0.6) is 0 Å². The number of hydrogen-bond donors (Lipinski definition) is 0. The van der Waals surface area contributed by atoms with Gasteiger partial charge in [-0.3, -0.25) is 9.88 Å². The van der Waals surface area contributed by atoms with Crippen LogP contribution >= 0.6 is 11.8 Å². The zero-order chi connectivity index (χ0) is 19.9. The second kappa shape index (κ2) is 7.34. The molecule has 1 atom stereocenters. The van der Waals surface area contributed by atoms with Gasteiger partial charge in [-0.05, 0) is 48.4 Å². The van der Waals surface area contributed by atoms with E-state index in [-0.39, 0.29) is 6.17 Å². The van der Waals surface area contributed by atoms with Crippen LogP contribution in [0.25, 0.3) is 22.5 Å². The third-order valence-electron chi connectivity index (χ3n) is 5.71. The van der Waals surface area contributed by atoms with Crippen LogP contribution < -0.4 is 0 Å². The van der Waals surface area contributed by atoms with Gasteiger partial charge in [0.15, 0.2) is 11.0 Å². The van der Waals surface area contributed by atoms with Crippen LogP contribution in [0.15, 0.2) is 77.3 Å². The van der Waals surface area contributed by atoms with Crippen molar-refractivity contribution < 1.29 is 0 Å². The van der Waals surface area contributed by atoms with Crippen molar-refractivity contribution in [3.63, 3.8) is 0 Å².